The first-order valence-corrected chi connectivity index (χ1v) is 5.13. The highest BCUT2D eigenvalue weighted by Crippen LogP contribution is 2.20. The van der Waals surface area contributed by atoms with Gasteiger partial charge in [0.25, 0.3) is 0 Å². The molecule has 1 aromatic carbocycles. The van der Waals surface area contributed by atoms with Crippen molar-refractivity contribution in [2.45, 2.75) is 6.61 Å². The van der Waals surface area contributed by atoms with E-state index in [1.807, 2.05) is 0 Å². The van der Waals surface area contributed by atoms with E-state index in [0.717, 1.165) is 6.39 Å². The summed E-state index contributed by atoms with van der Waals surface area (Å²) in [4.78, 5) is 14.4. The summed E-state index contributed by atoms with van der Waals surface area (Å²) in [5.41, 5.74) is -0.141. The van der Waals surface area contributed by atoms with Gasteiger partial charge in [0.05, 0.1) is 7.11 Å². The summed E-state index contributed by atoms with van der Waals surface area (Å²) in [5, 5.41) is 8.84. The number of carbonyl (C=O) groups is 1. The summed E-state index contributed by atoms with van der Waals surface area (Å²) < 4.78 is 15.4. The van der Waals surface area contributed by atoms with Crippen molar-refractivity contribution in [3.63, 3.8) is 0 Å². The lowest BCUT2D eigenvalue weighted by Gasteiger charge is -2.06. The van der Waals surface area contributed by atoms with Gasteiger partial charge < -0.3 is 19.0 Å². The zero-order valence-electron chi connectivity index (χ0n) is 9.62. The molecular weight excluding hydrogens is 238 g/mol. The van der Waals surface area contributed by atoms with Gasteiger partial charge in [-0.3, -0.25) is 0 Å². The van der Waals surface area contributed by atoms with Crippen molar-refractivity contribution in [3.8, 4) is 11.5 Å². The number of benzene rings is 1. The minimum atomic E-state index is -1.15. The maximum Gasteiger partial charge on any atom is 0.358 e. The molecule has 1 N–H and O–H groups in total. The third-order valence-corrected chi connectivity index (χ3v) is 2.25. The molecule has 6 nitrogen and oxygen atoms in total. The number of oxazole rings is 1. The van der Waals surface area contributed by atoms with Crippen LogP contribution in [-0.2, 0) is 6.61 Å². The normalized spacial score (nSPS) is 10.1. The Hall–Kier alpha value is -2.50. The van der Waals surface area contributed by atoms with Crippen LogP contribution in [-0.4, -0.2) is 23.2 Å². The number of methoxy groups -OCH3 is 1. The predicted molar refractivity (Wildman–Crippen MR) is 60.8 cm³/mol. The minimum Gasteiger partial charge on any atom is -0.497 e. The van der Waals surface area contributed by atoms with E-state index in [9.17, 15) is 4.79 Å². The lowest BCUT2D eigenvalue weighted by Crippen LogP contribution is -2.04. The smallest absolute Gasteiger partial charge is 0.358 e. The van der Waals surface area contributed by atoms with E-state index in [1.54, 1.807) is 31.4 Å². The van der Waals surface area contributed by atoms with Crippen LogP contribution in [0.1, 0.15) is 16.2 Å². The molecule has 0 amide bonds. The van der Waals surface area contributed by atoms with Crippen molar-refractivity contribution >= 4 is 5.97 Å². The summed E-state index contributed by atoms with van der Waals surface area (Å²) >= 11 is 0. The maximum absolute atomic E-state index is 10.8. The van der Waals surface area contributed by atoms with Crippen molar-refractivity contribution in [1.29, 1.82) is 0 Å². The molecule has 0 unspecified atom stereocenters. The van der Waals surface area contributed by atoms with Gasteiger partial charge in [-0.1, -0.05) is 6.07 Å². The Morgan fingerprint density at radius 1 is 1.44 bits per heavy atom. The van der Waals surface area contributed by atoms with Gasteiger partial charge in [0.2, 0.25) is 0 Å². The molecule has 0 aliphatic rings. The van der Waals surface area contributed by atoms with Gasteiger partial charge in [0, 0.05) is 6.07 Å². The fourth-order valence-corrected chi connectivity index (χ4v) is 1.39. The van der Waals surface area contributed by atoms with Crippen LogP contribution in [0.2, 0.25) is 0 Å². The molecule has 0 bridgehead atoms. The summed E-state index contributed by atoms with van der Waals surface area (Å²) in [6, 6.07) is 6.98. The lowest BCUT2D eigenvalue weighted by molar-refractivity contribution is 0.0686. The van der Waals surface area contributed by atoms with Gasteiger partial charge in [0.15, 0.2) is 17.8 Å². The Morgan fingerprint density at radius 3 is 2.94 bits per heavy atom. The van der Waals surface area contributed by atoms with Crippen LogP contribution in [0.3, 0.4) is 0 Å². The topological polar surface area (TPSA) is 81.8 Å². The van der Waals surface area contributed by atoms with E-state index in [4.69, 9.17) is 19.0 Å². The molecule has 0 saturated carbocycles. The number of hydrogen-bond donors (Lipinski definition) is 1. The number of ether oxygens (including phenoxy) is 2. The van der Waals surface area contributed by atoms with E-state index in [-0.39, 0.29) is 18.1 Å². The highest BCUT2D eigenvalue weighted by Gasteiger charge is 2.15. The molecule has 18 heavy (non-hydrogen) atoms. The molecular formula is C12H11NO5. The summed E-state index contributed by atoms with van der Waals surface area (Å²) in [5.74, 6) is 0.240. The number of aromatic nitrogens is 1. The number of carboxylic acid groups (broad SMARTS) is 1. The second-order valence-corrected chi connectivity index (χ2v) is 3.40. The summed E-state index contributed by atoms with van der Waals surface area (Å²) in [6.45, 7) is -0.00516. The molecule has 2 aromatic rings. The zero-order chi connectivity index (χ0) is 13.0. The van der Waals surface area contributed by atoms with Gasteiger partial charge in [0.1, 0.15) is 18.1 Å². The third kappa shape index (κ3) is 2.60. The molecule has 0 fully saturated rings. The predicted octanol–water partition coefficient (Wildman–Crippen LogP) is 1.96. The van der Waals surface area contributed by atoms with Gasteiger partial charge in [-0.05, 0) is 12.1 Å². The number of carboxylic acids is 1. The first-order chi connectivity index (χ1) is 8.70. The largest absolute Gasteiger partial charge is 0.497 e. The quantitative estimate of drug-likeness (QED) is 0.872. The van der Waals surface area contributed by atoms with Gasteiger partial charge in [-0.2, -0.15) is 0 Å². The van der Waals surface area contributed by atoms with Crippen LogP contribution in [0.5, 0.6) is 11.5 Å². The van der Waals surface area contributed by atoms with Crippen molar-refractivity contribution in [2.24, 2.45) is 0 Å². The van der Waals surface area contributed by atoms with E-state index in [0.29, 0.717) is 11.5 Å². The van der Waals surface area contributed by atoms with Gasteiger partial charge >= 0.3 is 5.97 Å². The maximum atomic E-state index is 10.8. The second-order valence-electron chi connectivity index (χ2n) is 3.40. The first-order valence-electron chi connectivity index (χ1n) is 5.13. The van der Waals surface area contributed by atoms with E-state index in [2.05, 4.69) is 4.98 Å². The van der Waals surface area contributed by atoms with Crippen molar-refractivity contribution in [2.75, 3.05) is 7.11 Å². The summed E-state index contributed by atoms with van der Waals surface area (Å²) in [6.07, 6.45) is 1.08. The molecule has 0 atom stereocenters. The van der Waals surface area contributed by atoms with Crippen LogP contribution in [0, 0.1) is 0 Å². The Bertz CT molecular complexity index is 549. The van der Waals surface area contributed by atoms with Crippen LogP contribution >= 0.6 is 0 Å². The molecule has 0 aliphatic carbocycles. The monoisotopic (exact) mass is 249 g/mol. The second kappa shape index (κ2) is 5.22. The molecule has 0 radical (unpaired) electrons. The van der Waals surface area contributed by atoms with E-state index >= 15 is 0 Å². The van der Waals surface area contributed by atoms with Crippen LogP contribution in [0.4, 0.5) is 0 Å². The Balaban J connectivity index is 2.06. The number of hydrogen-bond acceptors (Lipinski definition) is 5. The SMILES string of the molecule is COc1cccc(OCc2ocnc2C(=O)O)c1. The van der Waals surface area contributed by atoms with Crippen molar-refractivity contribution in [3.05, 3.63) is 42.1 Å². The fourth-order valence-electron chi connectivity index (χ4n) is 1.39. The molecule has 1 heterocycles. The van der Waals surface area contributed by atoms with Crippen molar-refractivity contribution < 1.29 is 23.8 Å². The zero-order valence-corrected chi connectivity index (χ0v) is 9.62. The van der Waals surface area contributed by atoms with Crippen LogP contribution in [0.25, 0.3) is 0 Å². The molecule has 1 aromatic heterocycles. The Kier molecular flexibility index (Phi) is 3.47. The van der Waals surface area contributed by atoms with Crippen LogP contribution in [0.15, 0.2) is 35.1 Å². The van der Waals surface area contributed by atoms with Crippen molar-refractivity contribution in [1.82, 2.24) is 4.98 Å². The van der Waals surface area contributed by atoms with Gasteiger partial charge in [-0.25, -0.2) is 9.78 Å². The molecule has 0 spiro atoms. The minimum absolute atomic E-state index is 0.00516. The van der Waals surface area contributed by atoms with E-state index < -0.39 is 5.97 Å². The summed E-state index contributed by atoms with van der Waals surface area (Å²) in [7, 11) is 1.55. The highest BCUT2D eigenvalue weighted by molar-refractivity contribution is 5.86. The standard InChI is InChI=1S/C12H11NO5/c1-16-8-3-2-4-9(5-8)17-6-10-11(12(14)15)13-7-18-10/h2-5,7H,6H2,1H3,(H,14,15). The number of aromatic carboxylic acids is 1. The number of rotatable bonds is 5. The van der Waals surface area contributed by atoms with Crippen LogP contribution < -0.4 is 9.47 Å². The molecule has 6 heteroatoms. The lowest BCUT2D eigenvalue weighted by atomic mass is 10.3. The first kappa shape index (κ1) is 12.0. The third-order valence-electron chi connectivity index (χ3n) is 2.25. The Labute approximate surface area is 103 Å². The molecule has 94 valence electrons. The molecule has 0 aliphatic heterocycles. The number of nitrogens with zero attached hydrogens (tertiary/aromatic N) is 1. The Morgan fingerprint density at radius 2 is 2.22 bits per heavy atom. The average Bonchev–Trinajstić information content (AvgIpc) is 2.85. The van der Waals surface area contributed by atoms with Gasteiger partial charge in [-0.15, -0.1) is 0 Å². The molecule has 2 rings (SSSR count). The van der Waals surface area contributed by atoms with E-state index in [1.165, 1.54) is 0 Å². The molecule has 0 saturated heterocycles. The highest BCUT2D eigenvalue weighted by atomic mass is 16.5. The fraction of sp³-hybridized carbons (Fsp3) is 0.167. The average molecular weight is 249 g/mol.